The molecule has 138 valence electrons. The molecule has 0 amide bonds. The predicted octanol–water partition coefficient (Wildman–Crippen LogP) is 5.45. The van der Waals surface area contributed by atoms with Crippen molar-refractivity contribution in [1.29, 1.82) is 0 Å². The standard InChI is InChI=1S/C20H41FN2/c1-3-5-7-9-11-13-19(14-12-10-8-6-4-2)23-16-15-20(22,17-21)18-23/h19H,3-18,22H2,1-2H3/t20-/m0/s1. The Labute approximate surface area is 144 Å². The number of rotatable bonds is 14. The van der Waals surface area contributed by atoms with E-state index in [0.29, 0.717) is 6.04 Å². The van der Waals surface area contributed by atoms with Crippen molar-refractivity contribution in [3.63, 3.8) is 0 Å². The van der Waals surface area contributed by atoms with Gasteiger partial charge in [-0.15, -0.1) is 0 Å². The van der Waals surface area contributed by atoms with Crippen LogP contribution in [0.15, 0.2) is 0 Å². The SMILES string of the molecule is CCCCCCCC(CCCCCCC)N1CC[C@](N)(CF)C1. The molecule has 0 aromatic carbocycles. The summed E-state index contributed by atoms with van der Waals surface area (Å²) in [4.78, 5) is 2.50. The third-order valence-electron chi connectivity index (χ3n) is 5.48. The van der Waals surface area contributed by atoms with Gasteiger partial charge >= 0.3 is 0 Å². The van der Waals surface area contributed by atoms with Gasteiger partial charge in [0.2, 0.25) is 0 Å². The summed E-state index contributed by atoms with van der Waals surface area (Å²) in [7, 11) is 0. The lowest BCUT2D eigenvalue weighted by Gasteiger charge is -2.29. The van der Waals surface area contributed by atoms with E-state index in [0.717, 1.165) is 19.5 Å². The smallest absolute Gasteiger partial charge is 0.109 e. The molecule has 0 radical (unpaired) electrons. The molecule has 0 aromatic heterocycles. The summed E-state index contributed by atoms with van der Waals surface area (Å²) in [6.45, 7) is 5.92. The maximum absolute atomic E-state index is 13.2. The third-order valence-corrected chi connectivity index (χ3v) is 5.48. The van der Waals surface area contributed by atoms with Crippen LogP contribution in [0.2, 0.25) is 0 Å². The maximum atomic E-state index is 13.2. The maximum Gasteiger partial charge on any atom is 0.109 e. The number of unbranched alkanes of at least 4 members (excludes halogenated alkanes) is 8. The zero-order valence-electron chi connectivity index (χ0n) is 15.8. The lowest BCUT2D eigenvalue weighted by atomic mass is 9.98. The highest BCUT2D eigenvalue weighted by Crippen LogP contribution is 2.26. The van der Waals surface area contributed by atoms with Gasteiger partial charge < -0.3 is 5.73 Å². The molecule has 0 aromatic rings. The molecular formula is C20H41FN2. The number of hydrogen-bond acceptors (Lipinski definition) is 2. The number of hydrogen-bond donors (Lipinski definition) is 1. The fourth-order valence-corrected chi connectivity index (χ4v) is 3.83. The van der Waals surface area contributed by atoms with E-state index in [9.17, 15) is 4.39 Å². The number of likely N-dealkylation sites (tertiary alicyclic amines) is 1. The highest BCUT2D eigenvalue weighted by Gasteiger charge is 2.37. The number of nitrogens with zero attached hydrogens (tertiary/aromatic N) is 1. The quantitative estimate of drug-likeness (QED) is 0.430. The molecule has 1 heterocycles. The Morgan fingerprint density at radius 3 is 1.87 bits per heavy atom. The van der Waals surface area contributed by atoms with Gasteiger partial charge in [-0.1, -0.05) is 78.1 Å². The van der Waals surface area contributed by atoms with Gasteiger partial charge in [0.25, 0.3) is 0 Å². The first-order valence-electron chi connectivity index (χ1n) is 10.2. The lowest BCUT2D eigenvalue weighted by molar-refractivity contribution is 0.190. The molecule has 0 bridgehead atoms. The molecular weight excluding hydrogens is 287 g/mol. The molecule has 0 aliphatic carbocycles. The van der Waals surface area contributed by atoms with Crippen molar-refractivity contribution >= 4 is 0 Å². The molecule has 0 spiro atoms. The lowest BCUT2D eigenvalue weighted by Crippen LogP contribution is -2.46. The fourth-order valence-electron chi connectivity index (χ4n) is 3.83. The first kappa shape index (κ1) is 20.9. The Hall–Kier alpha value is -0.150. The zero-order valence-corrected chi connectivity index (χ0v) is 15.8. The highest BCUT2D eigenvalue weighted by molar-refractivity contribution is 4.96. The van der Waals surface area contributed by atoms with Crippen LogP contribution >= 0.6 is 0 Å². The van der Waals surface area contributed by atoms with Gasteiger partial charge in [0.15, 0.2) is 0 Å². The molecule has 0 saturated carbocycles. The van der Waals surface area contributed by atoms with E-state index in [1.54, 1.807) is 0 Å². The summed E-state index contributed by atoms with van der Waals surface area (Å²) in [5.74, 6) is 0. The van der Waals surface area contributed by atoms with Crippen LogP contribution in [0, 0.1) is 0 Å². The van der Waals surface area contributed by atoms with Gasteiger partial charge in [-0.05, 0) is 19.3 Å². The van der Waals surface area contributed by atoms with Gasteiger partial charge in [-0.25, -0.2) is 4.39 Å². The second-order valence-corrected chi connectivity index (χ2v) is 7.78. The van der Waals surface area contributed by atoms with Crippen LogP contribution in [0.3, 0.4) is 0 Å². The molecule has 1 saturated heterocycles. The van der Waals surface area contributed by atoms with E-state index in [1.165, 1.54) is 77.0 Å². The van der Waals surface area contributed by atoms with Crippen LogP contribution < -0.4 is 5.73 Å². The zero-order chi connectivity index (χ0) is 17.0. The van der Waals surface area contributed by atoms with Crippen LogP contribution in [0.4, 0.5) is 4.39 Å². The fraction of sp³-hybridized carbons (Fsp3) is 1.00. The number of nitrogens with two attached hydrogens (primary N) is 1. The molecule has 2 nitrogen and oxygen atoms in total. The minimum Gasteiger partial charge on any atom is -0.322 e. The van der Waals surface area contributed by atoms with E-state index >= 15 is 0 Å². The summed E-state index contributed by atoms with van der Waals surface area (Å²) in [5, 5.41) is 0. The first-order chi connectivity index (χ1) is 11.1. The Bertz CT molecular complexity index is 271. The van der Waals surface area contributed by atoms with Crippen LogP contribution in [-0.4, -0.2) is 36.2 Å². The molecule has 0 unspecified atom stereocenters. The second-order valence-electron chi connectivity index (χ2n) is 7.78. The van der Waals surface area contributed by atoms with Crippen LogP contribution in [-0.2, 0) is 0 Å². The largest absolute Gasteiger partial charge is 0.322 e. The van der Waals surface area contributed by atoms with Gasteiger partial charge in [0.1, 0.15) is 6.67 Å². The number of halogens is 1. The minimum absolute atomic E-state index is 0.372. The second kappa shape index (κ2) is 12.2. The van der Waals surface area contributed by atoms with Crippen LogP contribution in [0.1, 0.15) is 97.3 Å². The van der Waals surface area contributed by atoms with Crippen molar-refractivity contribution in [1.82, 2.24) is 4.90 Å². The average molecular weight is 329 g/mol. The van der Waals surface area contributed by atoms with Crippen LogP contribution in [0.25, 0.3) is 0 Å². The molecule has 1 aliphatic heterocycles. The summed E-state index contributed by atoms with van der Waals surface area (Å²) >= 11 is 0. The van der Waals surface area contributed by atoms with E-state index in [4.69, 9.17) is 5.73 Å². The van der Waals surface area contributed by atoms with Gasteiger partial charge in [-0.3, -0.25) is 4.90 Å². The topological polar surface area (TPSA) is 29.3 Å². The Balaban J connectivity index is 2.35. The van der Waals surface area contributed by atoms with E-state index in [2.05, 4.69) is 18.7 Å². The highest BCUT2D eigenvalue weighted by atomic mass is 19.1. The van der Waals surface area contributed by atoms with E-state index < -0.39 is 5.54 Å². The molecule has 1 atom stereocenters. The van der Waals surface area contributed by atoms with Gasteiger partial charge in [0.05, 0.1) is 5.54 Å². The molecule has 23 heavy (non-hydrogen) atoms. The predicted molar refractivity (Wildman–Crippen MR) is 99.6 cm³/mol. The monoisotopic (exact) mass is 328 g/mol. The molecule has 3 heteroatoms. The van der Waals surface area contributed by atoms with E-state index in [1.807, 2.05) is 0 Å². The van der Waals surface area contributed by atoms with E-state index in [-0.39, 0.29) is 6.67 Å². The minimum atomic E-state index is -0.567. The van der Waals surface area contributed by atoms with Gasteiger partial charge in [-0.2, -0.15) is 0 Å². The molecule has 1 aliphatic rings. The summed E-state index contributed by atoms with van der Waals surface area (Å²) < 4.78 is 13.2. The van der Waals surface area contributed by atoms with Crippen molar-refractivity contribution in [2.75, 3.05) is 19.8 Å². The van der Waals surface area contributed by atoms with Crippen molar-refractivity contribution < 1.29 is 4.39 Å². The van der Waals surface area contributed by atoms with Crippen molar-refractivity contribution in [2.24, 2.45) is 5.73 Å². The summed E-state index contributed by atoms with van der Waals surface area (Å²) in [6, 6.07) is 0.634. The summed E-state index contributed by atoms with van der Waals surface area (Å²) in [6.07, 6.45) is 16.8. The van der Waals surface area contributed by atoms with Gasteiger partial charge in [0, 0.05) is 19.1 Å². The van der Waals surface area contributed by atoms with Crippen molar-refractivity contribution in [2.45, 2.75) is 109 Å². The van der Waals surface area contributed by atoms with Crippen molar-refractivity contribution in [3.05, 3.63) is 0 Å². The summed E-state index contributed by atoms with van der Waals surface area (Å²) in [5.41, 5.74) is 5.59. The Morgan fingerprint density at radius 2 is 1.43 bits per heavy atom. The van der Waals surface area contributed by atoms with Crippen molar-refractivity contribution in [3.8, 4) is 0 Å². The molecule has 1 rings (SSSR count). The normalized spacial score (nSPS) is 22.3. The Morgan fingerprint density at radius 1 is 0.913 bits per heavy atom. The van der Waals surface area contributed by atoms with Crippen LogP contribution in [0.5, 0.6) is 0 Å². The number of alkyl halides is 1. The molecule has 2 N–H and O–H groups in total. The first-order valence-corrected chi connectivity index (χ1v) is 10.2. The third kappa shape index (κ3) is 8.49. The Kier molecular flexibility index (Phi) is 11.1. The average Bonchev–Trinajstić information content (AvgIpc) is 2.95. The molecule has 1 fully saturated rings.